The largest absolute Gasteiger partial charge is 0.497 e. The number of carbonyl (C=O) groups is 1. The Morgan fingerprint density at radius 1 is 1.06 bits per heavy atom. The minimum Gasteiger partial charge on any atom is -0.497 e. The first-order chi connectivity index (χ1) is 14.7. The summed E-state index contributed by atoms with van der Waals surface area (Å²) in [5.41, 5.74) is -0.496. The Hall–Kier alpha value is -3.49. The number of hydrogen-bond acceptors (Lipinski definition) is 4. The molecule has 1 heterocycles. The van der Waals surface area contributed by atoms with Gasteiger partial charge in [-0.3, -0.25) is 4.79 Å². The Morgan fingerprint density at radius 2 is 1.68 bits per heavy atom. The van der Waals surface area contributed by atoms with Crippen LogP contribution in [-0.4, -0.2) is 47.9 Å². The Balaban J connectivity index is 1.74. The molecule has 0 saturated heterocycles. The van der Waals surface area contributed by atoms with E-state index in [1.165, 1.54) is 24.1 Å². The van der Waals surface area contributed by atoms with E-state index in [9.17, 15) is 18.0 Å². The number of likely N-dealkylation sites (N-methyl/N-ethyl adjacent to an activating group) is 1. The highest BCUT2D eigenvalue weighted by Gasteiger charge is 2.41. The normalized spacial score (nSPS) is 11.3. The predicted octanol–water partition coefficient (Wildman–Crippen LogP) is 4.36. The summed E-state index contributed by atoms with van der Waals surface area (Å²) >= 11 is 0. The highest BCUT2D eigenvalue weighted by molar-refractivity contribution is 5.95. The summed E-state index contributed by atoms with van der Waals surface area (Å²) in [6.45, 7) is 2.04. The molecule has 6 nitrogen and oxygen atoms in total. The van der Waals surface area contributed by atoms with Crippen molar-refractivity contribution in [3.63, 3.8) is 0 Å². The quantitative estimate of drug-likeness (QED) is 0.556. The molecule has 9 heteroatoms. The van der Waals surface area contributed by atoms with Crippen LogP contribution in [0.15, 0.2) is 54.7 Å². The third-order valence-corrected chi connectivity index (χ3v) is 4.65. The molecule has 0 unspecified atom stereocenters. The molecular formula is C22H22F3N3O3. The number of halogens is 3. The predicted molar refractivity (Wildman–Crippen MR) is 109 cm³/mol. The molecule has 0 aliphatic carbocycles. The molecule has 0 bridgehead atoms. The van der Waals surface area contributed by atoms with Crippen molar-refractivity contribution in [3.8, 4) is 17.2 Å². The van der Waals surface area contributed by atoms with Crippen molar-refractivity contribution < 1.29 is 27.4 Å². The van der Waals surface area contributed by atoms with Crippen LogP contribution in [0.1, 0.15) is 21.6 Å². The fraction of sp³-hybridized carbons (Fsp3) is 0.273. The molecule has 31 heavy (non-hydrogen) atoms. The maximum Gasteiger partial charge on any atom is 0.434 e. The van der Waals surface area contributed by atoms with Crippen molar-refractivity contribution in [2.75, 3.05) is 27.3 Å². The number of hydrogen-bond donors (Lipinski definition) is 0. The summed E-state index contributed by atoms with van der Waals surface area (Å²) in [6, 6.07) is 13.3. The number of rotatable bonds is 7. The van der Waals surface area contributed by atoms with Crippen LogP contribution in [0.4, 0.5) is 13.2 Å². The van der Waals surface area contributed by atoms with Crippen LogP contribution >= 0.6 is 0 Å². The van der Waals surface area contributed by atoms with Gasteiger partial charge in [0.1, 0.15) is 18.1 Å². The summed E-state index contributed by atoms with van der Waals surface area (Å²) < 4.78 is 52.8. The number of carbonyl (C=O) groups excluding carboxylic acids is 1. The fourth-order valence-corrected chi connectivity index (χ4v) is 2.94. The molecular weight excluding hydrogens is 411 g/mol. The summed E-state index contributed by atoms with van der Waals surface area (Å²) in [4.78, 5) is 13.9. The monoisotopic (exact) mass is 433 g/mol. The van der Waals surface area contributed by atoms with Crippen LogP contribution in [0, 0.1) is 6.92 Å². The molecule has 0 fully saturated rings. The molecule has 1 aromatic heterocycles. The number of benzene rings is 2. The first kappa shape index (κ1) is 22.2. The van der Waals surface area contributed by atoms with Crippen LogP contribution in [0.2, 0.25) is 0 Å². The van der Waals surface area contributed by atoms with E-state index in [0.29, 0.717) is 11.5 Å². The Kier molecular flexibility index (Phi) is 6.53. The van der Waals surface area contributed by atoms with E-state index >= 15 is 0 Å². The zero-order valence-electron chi connectivity index (χ0n) is 17.3. The molecule has 3 rings (SSSR count). The summed E-state index contributed by atoms with van der Waals surface area (Å²) in [5.74, 6) is 0.443. The van der Waals surface area contributed by atoms with Crippen molar-refractivity contribution in [1.82, 2.24) is 14.7 Å². The third-order valence-electron chi connectivity index (χ3n) is 4.65. The van der Waals surface area contributed by atoms with E-state index < -0.39 is 23.3 Å². The molecule has 0 N–H and O–H groups in total. The minimum atomic E-state index is -4.76. The summed E-state index contributed by atoms with van der Waals surface area (Å²) in [6.07, 6.45) is -3.81. The number of alkyl halides is 3. The maximum atomic E-state index is 13.8. The maximum absolute atomic E-state index is 13.8. The average molecular weight is 433 g/mol. The van der Waals surface area contributed by atoms with Gasteiger partial charge in [0.05, 0.1) is 31.1 Å². The lowest BCUT2D eigenvalue weighted by Crippen LogP contribution is -2.32. The highest BCUT2D eigenvalue weighted by Crippen LogP contribution is 2.34. The summed E-state index contributed by atoms with van der Waals surface area (Å²) in [7, 11) is 2.97. The van der Waals surface area contributed by atoms with Gasteiger partial charge in [0, 0.05) is 7.05 Å². The number of amides is 1. The molecule has 1 amide bonds. The average Bonchev–Trinajstić information content (AvgIpc) is 3.20. The minimum absolute atomic E-state index is 0.0951. The van der Waals surface area contributed by atoms with Gasteiger partial charge in [0.2, 0.25) is 0 Å². The molecule has 2 aromatic carbocycles. The van der Waals surface area contributed by atoms with Gasteiger partial charge < -0.3 is 14.4 Å². The van der Waals surface area contributed by atoms with E-state index in [2.05, 4.69) is 5.10 Å². The Bertz CT molecular complexity index is 1030. The zero-order chi connectivity index (χ0) is 22.6. The lowest BCUT2D eigenvalue weighted by molar-refractivity contribution is -0.143. The molecule has 0 radical (unpaired) electrons. The van der Waals surface area contributed by atoms with E-state index in [0.717, 1.165) is 16.4 Å². The van der Waals surface area contributed by atoms with Gasteiger partial charge in [-0.2, -0.15) is 18.3 Å². The zero-order valence-corrected chi connectivity index (χ0v) is 17.3. The lowest BCUT2D eigenvalue weighted by Gasteiger charge is -2.19. The molecule has 0 spiro atoms. The van der Waals surface area contributed by atoms with Gasteiger partial charge in [-0.05, 0) is 43.3 Å². The van der Waals surface area contributed by atoms with Crippen molar-refractivity contribution in [2.24, 2.45) is 0 Å². The number of aromatic nitrogens is 2. The van der Waals surface area contributed by atoms with E-state index in [4.69, 9.17) is 9.47 Å². The summed E-state index contributed by atoms with van der Waals surface area (Å²) in [5, 5.41) is 3.84. The first-order valence-electron chi connectivity index (χ1n) is 9.45. The second-order valence-electron chi connectivity index (χ2n) is 6.90. The van der Waals surface area contributed by atoms with Gasteiger partial charge in [-0.25, -0.2) is 4.68 Å². The van der Waals surface area contributed by atoms with Crippen LogP contribution < -0.4 is 9.47 Å². The van der Waals surface area contributed by atoms with Crippen LogP contribution in [-0.2, 0) is 6.18 Å². The second kappa shape index (κ2) is 9.11. The Morgan fingerprint density at radius 3 is 2.26 bits per heavy atom. The van der Waals surface area contributed by atoms with Crippen LogP contribution in [0.25, 0.3) is 5.69 Å². The third kappa shape index (κ3) is 5.17. The smallest absolute Gasteiger partial charge is 0.434 e. The van der Waals surface area contributed by atoms with Crippen molar-refractivity contribution in [1.29, 1.82) is 0 Å². The number of methoxy groups -OCH3 is 1. The number of aryl methyl sites for hydroxylation is 1. The molecule has 0 atom stereocenters. The number of ether oxygens (including phenoxy) is 2. The van der Waals surface area contributed by atoms with E-state index in [1.807, 2.05) is 6.92 Å². The van der Waals surface area contributed by atoms with Crippen LogP contribution in [0.5, 0.6) is 11.5 Å². The van der Waals surface area contributed by atoms with Crippen molar-refractivity contribution in [2.45, 2.75) is 13.1 Å². The lowest BCUT2D eigenvalue weighted by atomic mass is 10.2. The topological polar surface area (TPSA) is 56.6 Å². The van der Waals surface area contributed by atoms with Gasteiger partial charge in [-0.15, -0.1) is 0 Å². The molecule has 0 aliphatic heterocycles. The standard InChI is InChI=1S/C22H22F3N3O3/c1-15-4-6-16(7-5-15)28-20(22(23,24)25)19(14-26-28)21(29)27(2)12-13-31-18-10-8-17(30-3)9-11-18/h4-11,14H,12-13H2,1-3H3. The van der Waals surface area contributed by atoms with Gasteiger partial charge in [0.15, 0.2) is 5.69 Å². The first-order valence-corrected chi connectivity index (χ1v) is 9.45. The molecule has 0 aliphatic rings. The van der Waals surface area contributed by atoms with Crippen LogP contribution in [0.3, 0.4) is 0 Å². The van der Waals surface area contributed by atoms with Crippen molar-refractivity contribution in [3.05, 3.63) is 71.5 Å². The second-order valence-corrected chi connectivity index (χ2v) is 6.90. The van der Waals surface area contributed by atoms with E-state index in [1.54, 1.807) is 43.5 Å². The van der Waals surface area contributed by atoms with Crippen molar-refractivity contribution >= 4 is 5.91 Å². The fourth-order valence-electron chi connectivity index (χ4n) is 2.94. The van der Waals surface area contributed by atoms with Gasteiger partial charge in [0.25, 0.3) is 5.91 Å². The van der Waals surface area contributed by atoms with E-state index in [-0.39, 0.29) is 18.8 Å². The van der Waals surface area contributed by atoms with Gasteiger partial charge >= 0.3 is 6.18 Å². The number of nitrogens with zero attached hydrogens (tertiary/aromatic N) is 3. The molecule has 164 valence electrons. The molecule has 3 aromatic rings. The SMILES string of the molecule is COc1ccc(OCCN(C)C(=O)c2cnn(-c3ccc(C)cc3)c2C(F)(F)F)cc1. The molecule has 0 saturated carbocycles. The van der Waals surface area contributed by atoms with Gasteiger partial charge in [-0.1, -0.05) is 17.7 Å². The Labute approximate surface area is 177 Å². The highest BCUT2D eigenvalue weighted by atomic mass is 19.4.